The van der Waals surface area contributed by atoms with Gasteiger partial charge in [-0.15, -0.1) is 11.3 Å². The maximum atomic E-state index is 13.3. The minimum absolute atomic E-state index is 0.270. The van der Waals surface area contributed by atoms with Crippen LogP contribution in [0.3, 0.4) is 0 Å². The Hall–Kier alpha value is -1.73. The minimum atomic E-state index is -0.408. The first-order valence-electron chi connectivity index (χ1n) is 9.98. The van der Waals surface area contributed by atoms with E-state index in [1.165, 1.54) is 12.8 Å². The first-order chi connectivity index (χ1) is 13.1. The second-order valence-corrected chi connectivity index (χ2v) is 8.96. The van der Waals surface area contributed by atoms with E-state index in [1.807, 2.05) is 17.9 Å². The number of rotatable bonds is 5. The van der Waals surface area contributed by atoms with Crippen molar-refractivity contribution in [2.75, 3.05) is 26.2 Å². The van der Waals surface area contributed by atoms with Crippen LogP contribution >= 0.6 is 11.3 Å². The number of amides is 1. The third kappa shape index (κ3) is 3.80. The molecule has 0 aliphatic carbocycles. The molecule has 0 N–H and O–H groups in total. The van der Waals surface area contributed by atoms with Crippen molar-refractivity contribution in [3.63, 3.8) is 0 Å². The lowest BCUT2D eigenvalue weighted by Gasteiger charge is -2.41. The summed E-state index contributed by atoms with van der Waals surface area (Å²) >= 11 is 1.62. The Morgan fingerprint density at radius 1 is 1.22 bits per heavy atom. The molecular weight excluding hydrogens is 358 g/mol. The van der Waals surface area contributed by atoms with Gasteiger partial charge in [-0.25, -0.2) is 9.97 Å². The molecule has 4 heterocycles. The molecule has 0 saturated carbocycles. The Bertz CT molecular complexity index is 763. The highest BCUT2D eigenvalue weighted by molar-refractivity contribution is 7.07. The van der Waals surface area contributed by atoms with Gasteiger partial charge in [-0.2, -0.15) is 0 Å². The van der Waals surface area contributed by atoms with Gasteiger partial charge in [0.15, 0.2) is 0 Å². The van der Waals surface area contributed by atoms with E-state index >= 15 is 0 Å². The highest BCUT2D eigenvalue weighted by atomic mass is 32.1. The Kier molecular flexibility index (Phi) is 5.32. The molecule has 2 aliphatic heterocycles. The van der Waals surface area contributed by atoms with Gasteiger partial charge in [-0.3, -0.25) is 9.69 Å². The maximum absolute atomic E-state index is 13.3. The van der Waals surface area contributed by atoms with E-state index < -0.39 is 5.54 Å². The highest BCUT2D eigenvalue weighted by Gasteiger charge is 2.40. The third-order valence-corrected chi connectivity index (χ3v) is 6.69. The Morgan fingerprint density at radius 3 is 2.78 bits per heavy atom. The molecule has 2 aromatic rings. The summed E-state index contributed by atoms with van der Waals surface area (Å²) in [5.41, 5.74) is 2.53. The lowest BCUT2D eigenvalue weighted by molar-refractivity contribution is -0.143. The van der Waals surface area contributed by atoms with E-state index in [9.17, 15) is 4.79 Å². The molecule has 0 unspecified atom stereocenters. The van der Waals surface area contributed by atoms with Crippen molar-refractivity contribution in [1.82, 2.24) is 24.3 Å². The van der Waals surface area contributed by atoms with Gasteiger partial charge in [0.1, 0.15) is 5.82 Å². The number of aromatic nitrogens is 3. The number of likely N-dealkylation sites (tertiary alicyclic amines) is 2. The quantitative estimate of drug-likeness (QED) is 0.791. The lowest BCUT2D eigenvalue weighted by Crippen LogP contribution is -2.56. The van der Waals surface area contributed by atoms with Gasteiger partial charge < -0.3 is 9.47 Å². The summed E-state index contributed by atoms with van der Waals surface area (Å²) < 4.78 is 2.19. The van der Waals surface area contributed by atoms with Gasteiger partial charge in [0.05, 0.1) is 23.3 Å². The zero-order chi connectivity index (χ0) is 18.9. The van der Waals surface area contributed by atoms with Gasteiger partial charge in [-0.1, -0.05) is 0 Å². The number of imidazole rings is 1. The molecular formula is C20H29N5OS. The van der Waals surface area contributed by atoms with Gasteiger partial charge in [0.2, 0.25) is 5.91 Å². The number of carbonyl (C=O) groups is 1. The summed E-state index contributed by atoms with van der Waals surface area (Å²) in [6, 6.07) is 0. The molecule has 0 radical (unpaired) electrons. The summed E-state index contributed by atoms with van der Waals surface area (Å²) in [6.07, 6.45) is 8.43. The van der Waals surface area contributed by atoms with Crippen molar-refractivity contribution in [2.24, 2.45) is 0 Å². The molecule has 27 heavy (non-hydrogen) atoms. The van der Waals surface area contributed by atoms with Crippen LogP contribution in [0.25, 0.3) is 0 Å². The molecule has 2 aliphatic rings. The average molecular weight is 388 g/mol. The highest BCUT2D eigenvalue weighted by Crippen LogP contribution is 2.30. The Labute approximate surface area is 165 Å². The summed E-state index contributed by atoms with van der Waals surface area (Å²) in [5.74, 6) is 1.65. The zero-order valence-electron chi connectivity index (χ0n) is 16.3. The molecule has 0 aromatic carbocycles. The van der Waals surface area contributed by atoms with Crippen LogP contribution in [0.15, 0.2) is 23.3 Å². The second-order valence-electron chi connectivity index (χ2n) is 8.24. The molecule has 146 valence electrons. The van der Waals surface area contributed by atoms with E-state index in [-0.39, 0.29) is 5.91 Å². The predicted molar refractivity (Wildman–Crippen MR) is 107 cm³/mol. The van der Waals surface area contributed by atoms with Crippen molar-refractivity contribution in [3.05, 3.63) is 34.8 Å². The molecule has 0 spiro atoms. The third-order valence-electron chi connectivity index (χ3n) is 6.06. The molecule has 0 bridgehead atoms. The fraction of sp³-hybridized carbons (Fsp3) is 0.650. The largest absolute Gasteiger partial charge is 0.340 e. The summed E-state index contributed by atoms with van der Waals surface area (Å²) in [5, 5.41) is 2.08. The van der Waals surface area contributed by atoms with Crippen LogP contribution in [-0.2, 0) is 11.3 Å². The van der Waals surface area contributed by atoms with Crippen molar-refractivity contribution in [2.45, 2.75) is 57.5 Å². The molecule has 1 amide bonds. The zero-order valence-corrected chi connectivity index (χ0v) is 17.1. The van der Waals surface area contributed by atoms with Crippen LogP contribution in [0.1, 0.15) is 57.0 Å². The first kappa shape index (κ1) is 18.6. The maximum Gasteiger partial charge on any atom is 0.242 e. The van der Waals surface area contributed by atoms with E-state index in [0.29, 0.717) is 5.92 Å². The summed E-state index contributed by atoms with van der Waals surface area (Å²) in [7, 11) is 0. The normalized spacial score (nSPS) is 21.7. The van der Waals surface area contributed by atoms with Crippen molar-refractivity contribution >= 4 is 17.2 Å². The molecule has 2 fully saturated rings. The summed E-state index contributed by atoms with van der Waals surface area (Å²) in [6.45, 7) is 8.63. The Balaban J connectivity index is 1.47. The predicted octanol–water partition coefficient (Wildman–Crippen LogP) is 2.97. The molecule has 2 aromatic heterocycles. The van der Waals surface area contributed by atoms with Gasteiger partial charge in [-0.05, 0) is 52.6 Å². The van der Waals surface area contributed by atoms with Gasteiger partial charge in [0.25, 0.3) is 0 Å². The number of carbonyl (C=O) groups excluding carboxylic acids is 1. The van der Waals surface area contributed by atoms with Crippen molar-refractivity contribution < 1.29 is 4.79 Å². The monoisotopic (exact) mass is 387 g/mol. The van der Waals surface area contributed by atoms with E-state index in [2.05, 4.69) is 43.6 Å². The number of nitrogens with zero attached hydrogens (tertiary/aromatic N) is 5. The van der Waals surface area contributed by atoms with Crippen LogP contribution in [0, 0.1) is 0 Å². The first-order valence-corrected chi connectivity index (χ1v) is 10.9. The van der Waals surface area contributed by atoms with Crippen LogP contribution in [0.5, 0.6) is 0 Å². The number of hydrogen-bond acceptors (Lipinski definition) is 5. The lowest BCUT2D eigenvalue weighted by atomic mass is 9.93. The van der Waals surface area contributed by atoms with Gasteiger partial charge in [0, 0.05) is 36.8 Å². The van der Waals surface area contributed by atoms with E-state index in [1.54, 1.807) is 11.3 Å². The van der Waals surface area contributed by atoms with Gasteiger partial charge >= 0.3 is 0 Å². The molecule has 6 nitrogen and oxygen atoms in total. The standard InChI is InChI=1S/C20H29N5OS/c1-20(2,25-9-3-4-10-25)19(26)24-8-5-6-16(12-24)18-21-7-11-23(18)13-17-14-27-15-22-17/h7,11,14-16H,3-6,8-10,12-13H2,1-2H3/t16-/m1/s1. The van der Waals surface area contributed by atoms with Crippen LogP contribution < -0.4 is 0 Å². The van der Waals surface area contributed by atoms with Crippen LogP contribution in [0.2, 0.25) is 0 Å². The van der Waals surface area contributed by atoms with E-state index in [4.69, 9.17) is 0 Å². The fourth-order valence-corrected chi connectivity index (χ4v) is 5.02. The number of piperidine rings is 1. The summed E-state index contributed by atoms with van der Waals surface area (Å²) in [4.78, 5) is 26.8. The van der Waals surface area contributed by atoms with Crippen molar-refractivity contribution in [3.8, 4) is 0 Å². The molecule has 2 saturated heterocycles. The molecule has 1 atom stereocenters. The average Bonchev–Trinajstić information content (AvgIpc) is 3.44. The minimum Gasteiger partial charge on any atom is -0.340 e. The topological polar surface area (TPSA) is 54.3 Å². The SMILES string of the molecule is CC(C)(C(=O)N1CCC[C@@H](c2nccn2Cc2cscn2)C1)N1CCCC1. The number of hydrogen-bond donors (Lipinski definition) is 0. The van der Waals surface area contributed by atoms with Crippen molar-refractivity contribution in [1.29, 1.82) is 0 Å². The smallest absolute Gasteiger partial charge is 0.242 e. The van der Waals surface area contributed by atoms with E-state index in [0.717, 1.165) is 57.1 Å². The second kappa shape index (κ2) is 7.72. The number of thiazole rings is 1. The molecule has 7 heteroatoms. The van der Waals surface area contributed by atoms with Crippen LogP contribution in [0.4, 0.5) is 0 Å². The van der Waals surface area contributed by atoms with Crippen LogP contribution in [-0.4, -0.2) is 62.0 Å². The fourth-order valence-electron chi connectivity index (χ4n) is 4.48. The Morgan fingerprint density at radius 2 is 2.04 bits per heavy atom. The molecule has 4 rings (SSSR count).